The lowest BCUT2D eigenvalue weighted by Gasteiger charge is -2.31. The average molecular weight is 331 g/mol. The van der Waals surface area contributed by atoms with Gasteiger partial charge in [0.05, 0.1) is 12.0 Å². The Labute approximate surface area is 140 Å². The van der Waals surface area contributed by atoms with Crippen molar-refractivity contribution in [3.63, 3.8) is 0 Å². The van der Waals surface area contributed by atoms with Gasteiger partial charge in [-0.3, -0.25) is 0 Å². The number of methoxy groups -OCH3 is 1. The van der Waals surface area contributed by atoms with E-state index in [1.165, 1.54) is 17.6 Å². The Morgan fingerprint density at radius 2 is 2.09 bits per heavy atom. The van der Waals surface area contributed by atoms with Gasteiger partial charge in [-0.15, -0.1) is 11.3 Å². The first-order valence-electron chi connectivity index (χ1n) is 7.82. The maximum atomic E-state index is 11.5. The van der Waals surface area contributed by atoms with E-state index >= 15 is 0 Å². The summed E-state index contributed by atoms with van der Waals surface area (Å²) in [7, 11) is 1.43. The summed E-state index contributed by atoms with van der Waals surface area (Å²) in [5.74, 6) is 0. The number of aromatic nitrogens is 1. The third kappa shape index (κ3) is 4.09. The summed E-state index contributed by atoms with van der Waals surface area (Å²) in [5.41, 5.74) is 1.21. The molecule has 1 N–H and O–H groups in total. The third-order valence-corrected chi connectivity index (χ3v) is 5.13. The average Bonchev–Trinajstić information content (AvgIpc) is 3.09. The van der Waals surface area contributed by atoms with E-state index in [0.717, 1.165) is 37.5 Å². The minimum Gasteiger partial charge on any atom is -0.453 e. The van der Waals surface area contributed by atoms with Crippen LogP contribution in [0.15, 0.2) is 36.5 Å². The topological polar surface area (TPSA) is 54.5 Å². The summed E-state index contributed by atoms with van der Waals surface area (Å²) in [6.45, 7) is 2.27. The molecule has 23 heavy (non-hydrogen) atoms. The number of nitrogens with zero attached hydrogens (tertiary/aromatic N) is 2. The quantitative estimate of drug-likeness (QED) is 0.935. The van der Waals surface area contributed by atoms with Crippen LogP contribution in [0, 0.1) is 0 Å². The monoisotopic (exact) mass is 331 g/mol. The van der Waals surface area contributed by atoms with Crippen LogP contribution in [0.4, 0.5) is 4.79 Å². The number of rotatable bonds is 4. The molecule has 3 rings (SSSR count). The van der Waals surface area contributed by atoms with Crippen LogP contribution in [0.3, 0.4) is 0 Å². The first-order chi connectivity index (χ1) is 11.3. The first-order valence-corrected chi connectivity index (χ1v) is 8.64. The molecule has 122 valence electrons. The molecule has 6 heteroatoms. The van der Waals surface area contributed by atoms with Crippen LogP contribution in [-0.4, -0.2) is 42.2 Å². The lowest BCUT2D eigenvalue weighted by atomic mass is 10.1. The zero-order valence-electron chi connectivity index (χ0n) is 13.2. The molecule has 1 aromatic carbocycles. The molecule has 2 aromatic rings. The zero-order chi connectivity index (χ0) is 16.1. The van der Waals surface area contributed by atoms with Crippen LogP contribution in [0.1, 0.15) is 17.8 Å². The summed E-state index contributed by atoms with van der Waals surface area (Å²) in [4.78, 5) is 18.9. The molecule has 5 nitrogen and oxygen atoms in total. The molecule has 1 saturated heterocycles. The summed E-state index contributed by atoms with van der Waals surface area (Å²) in [6.07, 6.45) is 3.62. The van der Waals surface area contributed by atoms with Gasteiger partial charge in [0.2, 0.25) is 0 Å². The highest BCUT2D eigenvalue weighted by Gasteiger charge is 2.22. The molecular weight excluding hydrogens is 310 g/mol. The summed E-state index contributed by atoms with van der Waals surface area (Å²) < 4.78 is 4.76. The van der Waals surface area contributed by atoms with Crippen molar-refractivity contribution in [1.29, 1.82) is 0 Å². The van der Waals surface area contributed by atoms with Gasteiger partial charge < -0.3 is 15.0 Å². The molecule has 1 amide bonds. The van der Waals surface area contributed by atoms with Crippen molar-refractivity contribution in [2.75, 3.05) is 20.2 Å². The Morgan fingerprint density at radius 1 is 1.35 bits per heavy atom. The standard InChI is InChI=1S/C17H21N3O2S/c1-22-17(21)20-9-7-14(8-10-20)18-12-16-19-11-15(23-16)13-5-3-2-4-6-13/h2-6,11,14,18H,7-10,12H2,1H3. The Bertz CT molecular complexity index is 636. The van der Waals surface area contributed by atoms with E-state index in [-0.39, 0.29) is 6.09 Å². The van der Waals surface area contributed by atoms with Crippen molar-refractivity contribution in [2.24, 2.45) is 0 Å². The number of hydrogen-bond acceptors (Lipinski definition) is 5. The van der Waals surface area contributed by atoms with Crippen molar-refractivity contribution in [2.45, 2.75) is 25.4 Å². The molecule has 0 unspecified atom stereocenters. The lowest BCUT2D eigenvalue weighted by molar-refractivity contribution is 0.109. The van der Waals surface area contributed by atoms with Crippen LogP contribution >= 0.6 is 11.3 Å². The van der Waals surface area contributed by atoms with Gasteiger partial charge in [0.15, 0.2) is 0 Å². The molecule has 0 atom stereocenters. The van der Waals surface area contributed by atoms with Gasteiger partial charge in [-0.2, -0.15) is 0 Å². The second kappa shape index (κ2) is 7.57. The number of ether oxygens (including phenoxy) is 1. The highest BCUT2D eigenvalue weighted by Crippen LogP contribution is 2.25. The fraction of sp³-hybridized carbons (Fsp3) is 0.412. The number of benzene rings is 1. The molecule has 0 aliphatic carbocycles. The van der Waals surface area contributed by atoms with Crippen molar-refractivity contribution in [1.82, 2.24) is 15.2 Å². The second-order valence-corrected chi connectivity index (χ2v) is 6.71. The molecule has 1 aliphatic rings. The Balaban J connectivity index is 1.48. The third-order valence-electron chi connectivity index (χ3n) is 4.08. The number of amides is 1. The van der Waals surface area contributed by atoms with Crippen molar-refractivity contribution < 1.29 is 9.53 Å². The molecule has 0 bridgehead atoms. The molecule has 1 aliphatic heterocycles. The number of carbonyl (C=O) groups excluding carboxylic acids is 1. The maximum Gasteiger partial charge on any atom is 0.409 e. The SMILES string of the molecule is COC(=O)N1CCC(NCc2ncc(-c3ccccc3)s2)CC1. The fourth-order valence-electron chi connectivity index (χ4n) is 2.75. The number of piperidine rings is 1. The van der Waals surface area contributed by atoms with Crippen LogP contribution in [0.2, 0.25) is 0 Å². The normalized spacial score (nSPS) is 15.6. The summed E-state index contributed by atoms with van der Waals surface area (Å²) in [5, 5.41) is 4.65. The number of hydrogen-bond donors (Lipinski definition) is 1. The molecular formula is C17H21N3O2S. The van der Waals surface area contributed by atoms with Crippen LogP contribution in [-0.2, 0) is 11.3 Å². The molecule has 0 radical (unpaired) electrons. The number of thiazole rings is 1. The van der Waals surface area contributed by atoms with Gasteiger partial charge >= 0.3 is 6.09 Å². The first kappa shape index (κ1) is 16.0. The molecule has 0 saturated carbocycles. The highest BCUT2D eigenvalue weighted by atomic mass is 32.1. The second-order valence-electron chi connectivity index (χ2n) is 5.60. The largest absolute Gasteiger partial charge is 0.453 e. The van der Waals surface area contributed by atoms with E-state index in [9.17, 15) is 4.79 Å². The maximum absolute atomic E-state index is 11.5. The van der Waals surface area contributed by atoms with Crippen molar-refractivity contribution in [3.8, 4) is 10.4 Å². The summed E-state index contributed by atoms with van der Waals surface area (Å²) in [6, 6.07) is 10.7. The van der Waals surface area contributed by atoms with Crippen LogP contribution < -0.4 is 5.32 Å². The Morgan fingerprint density at radius 3 is 2.78 bits per heavy atom. The fourth-order valence-corrected chi connectivity index (χ4v) is 3.63. The Hall–Kier alpha value is -1.92. The van der Waals surface area contributed by atoms with Gasteiger partial charge in [-0.1, -0.05) is 30.3 Å². The van der Waals surface area contributed by atoms with Gasteiger partial charge in [0.1, 0.15) is 5.01 Å². The minimum atomic E-state index is -0.226. The smallest absolute Gasteiger partial charge is 0.409 e. The Kier molecular flexibility index (Phi) is 5.25. The lowest BCUT2D eigenvalue weighted by Crippen LogP contribution is -2.44. The van der Waals surface area contributed by atoms with Crippen LogP contribution in [0.5, 0.6) is 0 Å². The van der Waals surface area contributed by atoms with Gasteiger partial charge in [0, 0.05) is 31.9 Å². The van der Waals surface area contributed by atoms with E-state index in [4.69, 9.17) is 4.74 Å². The van der Waals surface area contributed by atoms with E-state index in [2.05, 4.69) is 22.4 Å². The highest BCUT2D eigenvalue weighted by molar-refractivity contribution is 7.15. The molecule has 0 spiro atoms. The number of carbonyl (C=O) groups is 1. The molecule has 1 fully saturated rings. The predicted molar refractivity (Wildman–Crippen MR) is 91.4 cm³/mol. The van der Waals surface area contributed by atoms with Gasteiger partial charge in [-0.05, 0) is 18.4 Å². The van der Waals surface area contributed by atoms with E-state index in [1.807, 2.05) is 24.4 Å². The molecule has 2 heterocycles. The van der Waals surface area contributed by atoms with Gasteiger partial charge in [-0.25, -0.2) is 9.78 Å². The number of likely N-dealkylation sites (tertiary alicyclic amines) is 1. The van der Waals surface area contributed by atoms with Crippen molar-refractivity contribution in [3.05, 3.63) is 41.5 Å². The van der Waals surface area contributed by atoms with E-state index in [0.29, 0.717) is 6.04 Å². The van der Waals surface area contributed by atoms with Crippen LogP contribution in [0.25, 0.3) is 10.4 Å². The predicted octanol–water partition coefficient (Wildman–Crippen LogP) is 3.13. The zero-order valence-corrected chi connectivity index (χ0v) is 14.0. The molecule has 1 aromatic heterocycles. The summed E-state index contributed by atoms with van der Waals surface area (Å²) >= 11 is 1.73. The van der Waals surface area contributed by atoms with Crippen molar-refractivity contribution >= 4 is 17.4 Å². The van der Waals surface area contributed by atoms with E-state index in [1.54, 1.807) is 16.2 Å². The number of nitrogens with one attached hydrogen (secondary N) is 1. The van der Waals surface area contributed by atoms with E-state index < -0.39 is 0 Å². The van der Waals surface area contributed by atoms with Gasteiger partial charge in [0.25, 0.3) is 0 Å². The minimum absolute atomic E-state index is 0.226.